The van der Waals surface area contributed by atoms with Crippen LogP contribution in [0.15, 0.2) is 4.52 Å². The lowest BCUT2D eigenvalue weighted by atomic mass is 9.89. The van der Waals surface area contributed by atoms with Gasteiger partial charge in [0.2, 0.25) is 5.89 Å². The van der Waals surface area contributed by atoms with E-state index in [1.54, 1.807) is 0 Å². The van der Waals surface area contributed by atoms with Gasteiger partial charge in [0.05, 0.1) is 5.75 Å². The maximum absolute atomic E-state index is 5.35. The van der Waals surface area contributed by atoms with Crippen molar-refractivity contribution in [2.45, 2.75) is 44.1 Å². The van der Waals surface area contributed by atoms with Crippen LogP contribution in [0.3, 0.4) is 0 Å². The van der Waals surface area contributed by atoms with E-state index < -0.39 is 0 Å². The van der Waals surface area contributed by atoms with Crippen molar-refractivity contribution in [3.8, 4) is 0 Å². The molecule has 0 aliphatic carbocycles. The van der Waals surface area contributed by atoms with Crippen LogP contribution in [0.1, 0.15) is 44.8 Å². The molecule has 1 saturated heterocycles. The second-order valence-electron chi connectivity index (χ2n) is 4.79. The van der Waals surface area contributed by atoms with Crippen LogP contribution in [0.4, 0.5) is 0 Å². The molecule has 2 atom stereocenters. The van der Waals surface area contributed by atoms with E-state index in [9.17, 15) is 0 Å². The largest absolute Gasteiger partial charge is 0.339 e. The van der Waals surface area contributed by atoms with Crippen LogP contribution in [0.2, 0.25) is 0 Å². The quantitative estimate of drug-likeness (QED) is 0.846. The first kappa shape index (κ1) is 12.9. The van der Waals surface area contributed by atoms with Gasteiger partial charge in [0.15, 0.2) is 5.82 Å². The van der Waals surface area contributed by atoms with Gasteiger partial charge in [0.25, 0.3) is 0 Å². The molecule has 1 aromatic rings. The molecule has 1 fully saturated rings. The summed E-state index contributed by atoms with van der Waals surface area (Å²) in [5.41, 5.74) is 0. The summed E-state index contributed by atoms with van der Waals surface area (Å²) in [6.07, 6.45) is 1.18. The Labute approximate surface area is 107 Å². The van der Waals surface area contributed by atoms with Crippen LogP contribution in [-0.2, 0) is 5.75 Å². The summed E-state index contributed by atoms with van der Waals surface area (Å²) >= 11 is 1.89. The fourth-order valence-corrected chi connectivity index (χ4v) is 2.50. The summed E-state index contributed by atoms with van der Waals surface area (Å²) in [4.78, 5) is 4.49. The molecule has 17 heavy (non-hydrogen) atoms. The van der Waals surface area contributed by atoms with Crippen LogP contribution in [0, 0.1) is 5.92 Å². The predicted octanol–water partition coefficient (Wildman–Crippen LogP) is 2.42. The normalized spacial score (nSPS) is 19.9. The SMILES string of the molecule is CCC(C)SCc1noc(C(C)C2CNC2)n1. The molecule has 2 unspecified atom stereocenters. The third kappa shape index (κ3) is 3.22. The minimum absolute atomic E-state index is 0.381. The van der Waals surface area contributed by atoms with Gasteiger partial charge in [0, 0.05) is 11.2 Å². The van der Waals surface area contributed by atoms with Gasteiger partial charge >= 0.3 is 0 Å². The summed E-state index contributed by atoms with van der Waals surface area (Å²) in [5.74, 6) is 3.53. The van der Waals surface area contributed by atoms with E-state index in [0.29, 0.717) is 17.1 Å². The minimum Gasteiger partial charge on any atom is -0.339 e. The van der Waals surface area contributed by atoms with Gasteiger partial charge in [-0.05, 0) is 25.4 Å². The summed E-state index contributed by atoms with van der Waals surface area (Å²) in [7, 11) is 0. The maximum atomic E-state index is 5.35. The van der Waals surface area contributed by atoms with Crippen molar-refractivity contribution in [2.75, 3.05) is 13.1 Å². The highest BCUT2D eigenvalue weighted by atomic mass is 32.2. The monoisotopic (exact) mass is 255 g/mol. The zero-order valence-corrected chi connectivity index (χ0v) is 11.6. The highest BCUT2D eigenvalue weighted by molar-refractivity contribution is 7.99. The van der Waals surface area contributed by atoms with E-state index >= 15 is 0 Å². The molecule has 1 aromatic heterocycles. The number of thioether (sulfide) groups is 1. The summed E-state index contributed by atoms with van der Waals surface area (Å²) in [6.45, 7) is 8.74. The minimum atomic E-state index is 0.381. The fraction of sp³-hybridized carbons (Fsp3) is 0.833. The van der Waals surface area contributed by atoms with Crippen molar-refractivity contribution < 1.29 is 4.52 Å². The molecule has 0 amide bonds. The van der Waals surface area contributed by atoms with Gasteiger partial charge in [0.1, 0.15) is 0 Å². The average Bonchev–Trinajstić information content (AvgIpc) is 2.72. The second kappa shape index (κ2) is 5.87. The molecule has 96 valence electrons. The van der Waals surface area contributed by atoms with Crippen LogP contribution in [0.5, 0.6) is 0 Å². The van der Waals surface area contributed by atoms with E-state index in [1.807, 2.05) is 11.8 Å². The third-order valence-corrected chi connectivity index (χ3v) is 4.79. The lowest BCUT2D eigenvalue weighted by Crippen LogP contribution is -2.44. The molecule has 0 aromatic carbocycles. The molecule has 0 bridgehead atoms. The zero-order valence-electron chi connectivity index (χ0n) is 10.8. The standard InChI is InChI=1S/C12H21N3OS/c1-4-8(2)17-7-11-14-12(16-15-11)9(3)10-5-13-6-10/h8-10,13H,4-7H2,1-3H3. The van der Waals surface area contributed by atoms with Crippen molar-refractivity contribution in [2.24, 2.45) is 5.92 Å². The Morgan fingerprint density at radius 2 is 2.24 bits per heavy atom. The summed E-state index contributed by atoms with van der Waals surface area (Å²) in [5, 5.41) is 7.99. The Morgan fingerprint density at radius 3 is 2.82 bits per heavy atom. The molecule has 2 heterocycles. The van der Waals surface area contributed by atoms with Gasteiger partial charge in [-0.25, -0.2) is 0 Å². The first-order chi connectivity index (χ1) is 8.20. The van der Waals surface area contributed by atoms with E-state index in [-0.39, 0.29) is 0 Å². The number of rotatable bonds is 6. The van der Waals surface area contributed by atoms with Crippen molar-refractivity contribution in [3.63, 3.8) is 0 Å². The second-order valence-corrected chi connectivity index (χ2v) is 6.21. The van der Waals surface area contributed by atoms with Gasteiger partial charge in [-0.3, -0.25) is 0 Å². The topological polar surface area (TPSA) is 51.0 Å². The van der Waals surface area contributed by atoms with Crippen LogP contribution in [0.25, 0.3) is 0 Å². The van der Waals surface area contributed by atoms with Gasteiger partial charge in [-0.15, -0.1) is 0 Å². The van der Waals surface area contributed by atoms with Crippen molar-refractivity contribution >= 4 is 11.8 Å². The van der Waals surface area contributed by atoms with E-state index in [1.165, 1.54) is 6.42 Å². The summed E-state index contributed by atoms with van der Waals surface area (Å²) < 4.78 is 5.35. The molecule has 1 aliphatic rings. The van der Waals surface area contributed by atoms with Gasteiger partial charge in [-0.1, -0.05) is 25.9 Å². The molecule has 0 radical (unpaired) electrons. The molecule has 5 heteroatoms. The Balaban J connectivity index is 1.86. The Hall–Kier alpha value is -0.550. The number of nitrogens with zero attached hydrogens (tertiary/aromatic N) is 2. The molecule has 0 spiro atoms. The smallest absolute Gasteiger partial charge is 0.229 e. The molecule has 1 N–H and O–H groups in total. The number of hydrogen-bond donors (Lipinski definition) is 1. The Morgan fingerprint density at radius 1 is 1.47 bits per heavy atom. The highest BCUT2D eigenvalue weighted by Crippen LogP contribution is 2.26. The van der Waals surface area contributed by atoms with Crippen molar-refractivity contribution in [1.82, 2.24) is 15.5 Å². The molecular formula is C12H21N3OS. The van der Waals surface area contributed by atoms with Crippen LogP contribution in [-0.4, -0.2) is 28.5 Å². The average molecular weight is 255 g/mol. The van der Waals surface area contributed by atoms with Crippen LogP contribution < -0.4 is 5.32 Å². The number of hydrogen-bond acceptors (Lipinski definition) is 5. The fourth-order valence-electron chi connectivity index (χ4n) is 1.71. The Bertz CT molecular complexity index is 351. The van der Waals surface area contributed by atoms with E-state index in [0.717, 1.165) is 30.6 Å². The number of nitrogens with one attached hydrogen (secondary N) is 1. The first-order valence-electron chi connectivity index (χ1n) is 6.35. The molecule has 4 nitrogen and oxygen atoms in total. The molecule has 2 rings (SSSR count). The van der Waals surface area contributed by atoms with E-state index in [4.69, 9.17) is 4.52 Å². The van der Waals surface area contributed by atoms with Gasteiger partial charge in [-0.2, -0.15) is 16.7 Å². The zero-order chi connectivity index (χ0) is 12.3. The summed E-state index contributed by atoms with van der Waals surface area (Å²) in [6, 6.07) is 0. The molecule has 1 aliphatic heterocycles. The third-order valence-electron chi connectivity index (χ3n) is 3.47. The molecular weight excluding hydrogens is 234 g/mol. The van der Waals surface area contributed by atoms with Gasteiger partial charge < -0.3 is 9.84 Å². The number of aromatic nitrogens is 2. The predicted molar refractivity (Wildman–Crippen MR) is 70.1 cm³/mol. The highest BCUT2D eigenvalue weighted by Gasteiger charge is 2.28. The first-order valence-corrected chi connectivity index (χ1v) is 7.40. The van der Waals surface area contributed by atoms with Crippen LogP contribution >= 0.6 is 11.8 Å². The Kier molecular flexibility index (Phi) is 4.45. The van der Waals surface area contributed by atoms with Crippen molar-refractivity contribution in [3.05, 3.63) is 11.7 Å². The van der Waals surface area contributed by atoms with Crippen molar-refractivity contribution in [1.29, 1.82) is 0 Å². The van der Waals surface area contributed by atoms with E-state index in [2.05, 4.69) is 36.2 Å². The lowest BCUT2D eigenvalue weighted by Gasteiger charge is -2.30. The molecule has 0 saturated carbocycles. The lowest BCUT2D eigenvalue weighted by molar-refractivity contribution is 0.252. The maximum Gasteiger partial charge on any atom is 0.229 e.